The number of methoxy groups -OCH3 is 1. The molecule has 0 aromatic heterocycles. The first-order chi connectivity index (χ1) is 9.63. The summed E-state index contributed by atoms with van der Waals surface area (Å²) < 4.78 is 19.1. The molecule has 2 aromatic rings. The average Bonchev–Trinajstić information content (AvgIpc) is 2.46. The van der Waals surface area contributed by atoms with Crippen LogP contribution in [0.3, 0.4) is 0 Å². The first-order valence-electron chi connectivity index (χ1n) is 6.39. The van der Waals surface area contributed by atoms with Crippen molar-refractivity contribution in [3.05, 3.63) is 63.9 Å². The van der Waals surface area contributed by atoms with Gasteiger partial charge in [0.05, 0.1) is 11.6 Å². The smallest absolute Gasteiger partial charge is 0.133 e. The summed E-state index contributed by atoms with van der Waals surface area (Å²) in [5, 5.41) is 3.29. The highest BCUT2D eigenvalue weighted by Crippen LogP contribution is 2.29. The van der Waals surface area contributed by atoms with Gasteiger partial charge in [0.15, 0.2) is 0 Å². The van der Waals surface area contributed by atoms with Crippen LogP contribution in [0.25, 0.3) is 0 Å². The van der Waals surface area contributed by atoms with Gasteiger partial charge in [0.1, 0.15) is 11.6 Å². The number of benzene rings is 2. The van der Waals surface area contributed by atoms with E-state index in [1.165, 1.54) is 12.1 Å². The molecule has 20 heavy (non-hydrogen) atoms. The Balaban J connectivity index is 2.19. The van der Waals surface area contributed by atoms with Crippen molar-refractivity contribution < 1.29 is 9.13 Å². The number of nitrogens with one attached hydrogen (secondary N) is 1. The van der Waals surface area contributed by atoms with Crippen LogP contribution in [0.15, 0.2) is 46.9 Å². The number of hydrogen-bond donors (Lipinski definition) is 1. The normalized spacial score (nSPS) is 12.2. The second kappa shape index (κ2) is 6.86. The van der Waals surface area contributed by atoms with Crippen molar-refractivity contribution in [2.75, 3.05) is 14.2 Å². The fraction of sp³-hybridized carbons (Fsp3) is 0.250. The molecule has 0 aliphatic carbocycles. The topological polar surface area (TPSA) is 21.3 Å². The summed E-state index contributed by atoms with van der Waals surface area (Å²) in [6.45, 7) is 0. The Morgan fingerprint density at radius 2 is 1.90 bits per heavy atom. The Kier molecular flexibility index (Phi) is 5.15. The number of rotatable bonds is 5. The van der Waals surface area contributed by atoms with Crippen molar-refractivity contribution in [1.29, 1.82) is 0 Å². The molecule has 2 rings (SSSR count). The SMILES string of the molecule is CNC(Cc1ccc(F)cc1)c1ccc(OC)c(Br)c1. The van der Waals surface area contributed by atoms with Crippen LogP contribution >= 0.6 is 15.9 Å². The monoisotopic (exact) mass is 337 g/mol. The van der Waals surface area contributed by atoms with Gasteiger partial charge in [-0.2, -0.15) is 0 Å². The molecule has 106 valence electrons. The molecule has 0 aliphatic rings. The predicted octanol–water partition coefficient (Wildman–Crippen LogP) is 4.10. The van der Waals surface area contributed by atoms with Crippen LogP contribution in [0.5, 0.6) is 5.75 Å². The zero-order valence-electron chi connectivity index (χ0n) is 11.5. The molecular weight excluding hydrogens is 321 g/mol. The highest BCUT2D eigenvalue weighted by atomic mass is 79.9. The summed E-state index contributed by atoms with van der Waals surface area (Å²) in [6, 6.07) is 12.8. The van der Waals surface area contributed by atoms with Gasteiger partial charge in [0, 0.05) is 6.04 Å². The van der Waals surface area contributed by atoms with E-state index >= 15 is 0 Å². The molecule has 4 heteroatoms. The molecule has 0 aliphatic heterocycles. The highest BCUT2D eigenvalue weighted by molar-refractivity contribution is 9.10. The summed E-state index contributed by atoms with van der Waals surface area (Å²) >= 11 is 3.50. The van der Waals surface area contributed by atoms with E-state index in [1.807, 2.05) is 37.4 Å². The Hall–Kier alpha value is -1.39. The Labute approximate surface area is 127 Å². The molecule has 0 heterocycles. The van der Waals surface area contributed by atoms with Crippen molar-refractivity contribution in [3.8, 4) is 5.75 Å². The number of likely N-dealkylation sites (N-methyl/N-ethyl adjacent to an activating group) is 1. The van der Waals surface area contributed by atoms with E-state index in [2.05, 4.69) is 21.2 Å². The van der Waals surface area contributed by atoms with E-state index in [4.69, 9.17) is 4.74 Å². The molecular formula is C16H17BrFNO. The number of halogens is 2. The van der Waals surface area contributed by atoms with Gasteiger partial charge >= 0.3 is 0 Å². The first kappa shape index (κ1) is 15.0. The molecule has 0 saturated carbocycles. The number of ether oxygens (including phenoxy) is 1. The van der Waals surface area contributed by atoms with Gasteiger partial charge in [-0.15, -0.1) is 0 Å². The van der Waals surface area contributed by atoms with Crippen molar-refractivity contribution in [2.45, 2.75) is 12.5 Å². The maximum atomic E-state index is 12.9. The molecule has 1 unspecified atom stereocenters. The van der Waals surface area contributed by atoms with E-state index in [0.717, 1.165) is 27.8 Å². The summed E-state index contributed by atoms with van der Waals surface area (Å²) in [6.07, 6.45) is 0.801. The third-order valence-electron chi connectivity index (χ3n) is 3.28. The maximum absolute atomic E-state index is 12.9. The second-order valence-corrected chi connectivity index (χ2v) is 5.42. The minimum absolute atomic E-state index is 0.169. The maximum Gasteiger partial charge on any atom is 0.133 e. The summed E-state index contributed by atoms with van der Waals surface area (Å²) in [4.78, 5) is 0. The van der Waals surface area contributed by atoms with Gasteiger partial charge in [-0.3, -0.25) is 0 Å². The van der Waals surface area contributed by atoms with Crippen molar-refractivity contribution in [1.82, 2.24) is 5.32 Å². The van der Waals surface area contributed by atoms with Crippen LogP contribution in [0.2, 0.25) is 0 Å². The summed E-state index contributed by atoms with van der Waals surface area (Å²) in [5.74, 6) is 0.604. The fourth-order valence-corrected chi connectivity index (χ4v) is 2.70. The largest absolute Gasteiger partial charge is 0.496 e. The minimum atomic E-state index is -0.207. The standard InChI is InChI=1S/C16H17BrFNO/c1-19-15(9-11-3-6-13(18)7-4-11)12-5-8-16(20-2)14(17)10-12/h3-8,10,15,19H,9H2,1-2H3. The highest BCUT2D eigenvalue weighted by Gasteiger charge is 2.12. The molecule has 0 radical (unpaired) electrons. The molecule has 0 saturated heterocycles. The lowest BCUT2D eigenvalue weighted by atomic mass is 9.99. The molecule has 0 bridgehead atoms. The van der Waals surface area contributed by atoms with Crippen LogP contribution in [0.1, 0.15) is 17.2 Å². The predicted molar refractivity (Wildman–Crippen MR) is 82.6 cm³/mol. The van der Waals surface area contributed by atoms with Gasteiger partial charge in [-0.25, -0.2) is 4.39 Å². The first-order valence-corrected chi connectivity index (χ1v) is 7.18. The molecule has 0 amide bonds. The van der Waals surface area contributed by atoms with Crippen molar-refractivity contribution in [3.63, 3.8) is 0 Å². The van der Waals surface area contributed by atoms with Crippen LogP contribution in [-0.4, -0.2) is 14.2 Å². The quantitative estimate of drug-likeness (QED) is 0.886. The summed E-state index contributed by atoms with van der Waals surface area (Å²) in [7, 11) is 3.57. The van der Waals surface area contributed by atoms with E-state index in [0.29, 0.717) is 0 Å². The third kappa shape index (κ3) is 3.58. The lowest BCUT2D eigenvalue weighted by molar-refractivity contribution is 0.411. The molecule has 1 atom stereocenters. The molecule has 2 aromatic carbocycles. The van der Waals surface area contributed by atoms with Crippen LogP contribution < -0.4 is 10.1 Å². The van der Waals surface area contributed by atoms with Crippen molar-refractivity contribution in [2.24, 2.45) is 0 Å². The molecule has 0 spiro atoms. The Morgan fingerprint density at radius 3 is 2.45 bits per heavy atom. The number of hydrogen-bond acceptors (Lipinski definition) is 2. The Morgan fingerprint density at radius 1 is 1.20 bits per heavy atom. The van der Waals surface area contributed by atoms with Gasteiger partial charge in [-0.05, 0) is 64.8 Å². The van der Waals surface area contributed by atoms with Gasteiger partial charge in [0.25, 0.3) is 0 Å². The summed E-state index contributed by atoms with van der Waals surface area (Å²) in [5.41, 5.74) is 2.25. The van der Waals surface area contributed by atoms with Crippen LogP contribution in [0.4, 0.5) is 4.39 Å². The van der Waals surface area contributed by atoms with E-state index in [-0.39, 0.29) is 11.9 Å². The van der Waals surface area contributed by atoms with E-state index in [1.54, 1.807) is 7.11 Å². The van der Waals surface area contributed by atoms with E-state index < -0.39 is 0 Å². The van der Waals surface area contributed by atoms with E-state index in [9.17, 15) is 4.39 Å². The average molecular weight is 338 g/mol. The van der Waals surface area contributed by atoms with Gasteiger partial charge in [-0.1, -0.05) is 18.2 Å². The lowest BCUT2D eigenvalue weighted by Crippen LogP contribution is -2.18. The van der Waals surface area contributed by atoms with Crippen LogP contribution in [0, 0.1) is 5.82 Å². The minimum Gasteiger partial charge on any atom is -0.496 e. The molecule has 2 nitrogen and oxygen atoms in total. The molecule has 0 fully saturated rings. The molecule has 1 N–H and O–H groups in total. The Bertz CT molecular complexity index is 571. The third-order valence-corrected chi connectivity index (χ3v) is 3.90. The second-order valence-electron chi connectivity index (χ2n) is 4.57. The van der Waals surface area contributed by atoms with Gasteiger partial charge < -0.3 is 10.1 Å². The van der Waals surface area contributed by atoms with Crippen molar-refractivity contribution >= 4 is 15.9 Å². The van der Waals surface area contributed by atoms with Gasteiger partial charge in [0.2, 0.25) is 0 Å². The zero-order valence-corrected chi connectivity index (χ0v) is 13.1. The lowest BCUT2D eigenvalue weighted by Gasteiger charge is -2.18. The van der Waals surface area contributed by atoms with Crippen LogP contribution in [-0.2, 0) is 6.42 Å². The fourth-order valence-electron chi connectivity index (χ4n) is 2.14. The zero-order chi connectivity index (χ0) is 14.5.